The van der Waals surface area contributed by atoms with Gasteiger partial charge in [0.2, 0.25) is 6.33 Å². The van der Waals surface area contributed by atoms with E-state index in [4.69, 9.17) is 0 Å². The molecule has 0 spiro atoms. The van der Waals surface area contributed by atoms with E-state index in [0.29, 0.717) is 22.9 Å². The van der Waals surface area contributed by atoms with Crippen molar-refractivity contribution in [3.8, 4) is 11.5 Å². The Morgan fingerprint density at radius 2 is 1.02 bits per heavy atom. The quantitative estimate of drug-likeness (QED) is 0.104. The summed E-state index contributed by atoms with van der Waals surface area (Å²) in [6.07, 6.45) is 25.0. The first-order valence-corrected chi connectivity index (χ1v) is 20.2. The van der Waals surface area contributed by atoms with Gasteiger partial charge < -0.3 is 20.0 Å². The maximum absolute atomic E-state index is 11.0. The van der Waals surface area contributed by atoms with E-state index in [-0.39, 0.29) is 0 Å². The Morgan fingerprint density at radius 3 is 1.55 bits per heavy atom. The molecule has 3 aromatic heterocycles. The van der Waals surface area contributed by atoms with Crippen LogP contribution >= 0.6 is 0 Å². The second-order valence-corrected chi connectivity index (χ2v) is 15.4. The van der Waals surface area contributed by atoms with Gasteiger partial charge in [-0.1, -0.05) is 0 Å². The molecule has 9 rings (SSSR count). The number of imidazole rings is 1. The molecule has 0 radical (unpaired) electrons. The molecule has 2 aromatic carbocycles. The van der Waals surface area contributed by atoms with Crippen LogP contribution in [0.5, 0.6) is 11.5 Å². The summed E-state index contributed by atoms with van der Waals surface area (Å²) in [4.78, 5) is 4.85. The molecule has 0 fully saturated rings. The van der Waals surface area contributed by atoms with Gasteiger partial charge in [0.05, 0.1) is 24.5 Å². The van der Waals surface area contributed by atoms with E-state index in [0.717, 1.165) is 139 Å². The molecule has 0 unspecified atom stereocenters. The van der Waals surface area contributed by atoms with Crippen LogP contribution in [0.2, 0.25) is 0 Å². The lowest BCUT2D eigenvalue weighted by molar-refractivity contribution is -0.726. The molecule has 0 bridgehead atoms. The van der Waals surface area contributed by atoms with Gasteiger partial charge in [-0.2, -0.15) is 0 Å². The third kappa shape index (κ3) is 7.54. The van der Waals surface area contributed by atoms with E-state index in [1.807, 2.05) is 36.4 Å². The number of benzene rings is 2. The zero-order valence-electron chi connectivity index (χ0n) is 31.6. The molecule has 4 aliphatic heterocycles. The number of aromatic nitrogens is 4. The van der Waals surface area contributed by atoms with Gasteiger partial charge in [-0.05, 0) is 74.6 Å². The van der Waals surface area contributed by atoms with Crippen molar-refractivity contribution in [2.45, 2.75) is 90.4 Å². The summed E-state index contributed by atoms with van der Waals surface area (Å²) in [5.74, 6) is 0.583. The Labute approximate surface area is 322 Å². The first-order chi connectivity index (χ1) is 27.1. The number of nitrogens with zero attached hydrogens (tertiary/aromatic N) is 10. The normalized spacial score (nSPS) is 16.2. The van der Waals surface area contributed by atoms with Crippen molar-refractivity contribution in [2.24, 2.45) is 20.5 Å². The molecule has 4 aliphatic rings. The molecule has 12 heteroatoms. The summed E-state index contributed by atoms with van der Waals surface area (Å²) in [5.41, 5.74) is 9.86. The lowest BCUT2D eigenvalue weighted by Gasteiger charge is -2.37. The van der Waals surface area contributed by atoms with Gasteiger partial charge in [0.25, 0.3) is 0 Å². The number of rotatable bonds is 12. The van der Waals surface area contributed by atoms with E-state index in [9.17, 15) is 10.2 Å². The van der Waals surface area contributed by atoms with E-state index in [2.05, 4.69) is 92.0 Å². The molecule has 0 atom stereocenters. The predicted octanol–water partition coefficient (Wildman–Crippen LogP) is 7.17. The summed E-state index contributed by atoms with van der Waals surface area (Å²) in [5, 5.41) is 39.9. The minimum absolute atomic E-state index is 0.292. The fourth-order valence-corrected chi connectivity index (χ4v) is 8.93. The number of azo groups is 2. The maximum Gasteiger partial charge on any atom is 0.243 e. The smallest absolute Gasteiger partial charge is 0.243 e. The first-order valence-electron chi connectivity index (χ1n) is 20.2. The van der Waals surface area contributed by atoms with Crippen LogP contribution in [0.1, 0.15) is 60.8 Å². The molecule has 0 saturated heterocycles. The van der Waals surface area contributed by atoms with Crippen LogP contribution in [0.4, 0.5) is 34.1 Å². The lowest BCUT2D eigenvalue weighted by atomic mass is 9.90. The average Bonchev–Trinajstić information content (AvgIpc) is 3.68. The zero-order valence-corrected chi connectivity index (χ0v) is 31.6. The molecule has 0 amide bonds. The Morgan fingerprint density at radius 1 is 0.545 bits per heavy atom. The van der Waals surface area contributed by atoms with Crippen LogP contribution in [-0.4, -0.2) is 41.0 Å². The number of aromatic hydroxyl groups is 2. The van der Waals surface area contributed by atoms with Crippen molar-refractivity contribution in [1.29, 1.82) is 0 Å². The summed E-state index contributed by atoms with van der Waals surface area (Å²) >= 11 is 0. The number of aryl methyl sites for hydroxylation is 6. The van der Waals surface area contributed by atoms with Crippen LogP contribution < -0.4 is 23.5 Å². The topological polar surface area (TPSA) is 113 Å². The third-order valence-electron chi connectivity index (χ3n) is 11.7. The molecular weight excluding hydrogens is 689 g/mol. The highest BCUT2D eigenvalue weighted by Crippen LogP contribution is 2.46. The van der Waals surface area contributed by atoms with Gasteiger partial charge in [-0.25, -0.2) is 18.3 Å². The number of anilines is 2. The van der Waals surface area contributed by atoms with E-state index >= 15 is 0 Å². The molecule has 2 N–H and O–H groups in total. The highest BCUT2D eigenvalue weighted by Gasteiger charge is 2.29. The fraction of sp³-hybridized carbons (Fsp3) is 0.419. The van der Waals surface area contributed by atoms with Gasteiger partial charge in [0, 0.05) is 85.8 Å². The molecular formula is C43H51N10O2+3. The van der Waals surface area contributed by atoms with Crippen molar-refractivity contribution in [1.82, 2.24) is 4.57 Å². The Balaban J connectivity index is 0.722. The SMILES string of the molecule is Oc1c(/N=N\c2cc[n+](CCCn3cc[n+](CCC[n+]4ccc(/N=N\c5cc6c7c(c5O)CCCN7CCC6)cc4)c3)cc2)cc2c3c1CCCN3CCC2. The summed E-state index contributed by atoms with van der Waals surface area (Å²) in [6, 6.07) is 12.0. The van der Waals surface area contributed by atoms with Crippen molar-refractivity contribution in [3.63, 3.8) is 0 Å². The number of pyridine rings is 2. The predicted molar refractivity (Wildman–Crippen MR) is 209 cm³/mol. The van der Waals surface area contributed by atoms with E-state index in [1.54, 1.807) is 0 Å². The largest absolute Gasteiger partial charge is 0.505 e. The summed E-state index contributed by atoms with van der Waals surface area (Å²) in [6.45, 7) is 7.99. The first kappa shape index (κ1) is 35.1. The van der Waals surface area contributed by atoms with Crippen molar-refractivity contribution in [2.75, 3.05) is 36.0 Å². The minimum Gasteiger partial charge on any atom is -0.505 e. The highest BCUT2D eigenvalue weighted by molar-refractivity contribution is 5.75. The zero-order chi connectivity index (χ0) is 37.1. The number of hydrogen-bond donors (Lipinski definition) is 2. The van der Waals surface area contributed by atoms with Gasteiger partial charge in [0.15, 0.2) is 37.9 Å². The Bertz CT molecular complexity index is 2070. The average molecular weight is 740 g/mol. The standard InChI is InChI=1S/C43H49N10O2/c54-42-36-9-3-21-52-19-1-7-32(40(36)52)29-38(42)46-44-34-11-23-48(24-12-34)15-5-17-50-27-28-51(31-50)18-6-16-49-25-13-35(14-26-49)45-47-39-30-33-8-2-20-53-22-4-10-37(41(33)53)43(39)55/h11-14,23-31H,1-10,15-22H2/q+1/p+2. The molecule has 0 aliphatic carbocycles. The van der Waals surface area contributed by atoms with Crippen molar-refractivity contribution >= 4 is 34.1 Å². The molecule has 5 aromatic rings. The van der Waals surface area contributed by atoms with E-state index in [1.165, 1.54) is 22.5 Å². The maximum atomic E-state index is 11.0. The van der Waals surface area contributed by atoms with Crippen molar-refractivity contribution < 1.29 is 23.9 Å². The Kier molecular flexibility index (Phi) is 9.95. The van der Waals surface area contributed by atoms with Gasteiger partial charge in [-0.15, -0.1) is 20.5 Å². The summed E-state index contributed by atoms with van der Waals surface area (Å²) < 4.78 is 8.85. The van der Waals surface area contributed by atoms with Gasteiger partial charge in [0.1, 0.15) is 35.3 Å². The van der Waals surface area contributed by atoms with E-state index < -0.39 is 0 Å². The highest BCUT2D eigenvalue weighted by atomic mass is 16.3. The second-order valence-electron chi connectivity index (χ2n) is 15.4. The van der Waals surface area contributed by atoms with Crippen LogP contribution in [0.25, 0.3) is 0 Å². The number of phenolic OH excluding ortho intramolecular Hbond substituents is 2. The van der Waals surface area contributed by atoms with Gasteiger partial charge in [-0.3, -0.25) is 0 Å². The minimum atomic E-state index is 0.292. The van der Waals surface area contributed by atoms with Crippen LogP contribution in [0.3, 0.4) is 0 Å². The van der Waals surface area contributed by atoms with Gasteiger partial charge >= 0.3 is 0 Å². The second kappa shape index (κ2) is 15.6. The number of hydrogen-bond acceptors (Lipinski definition) is 8. The monoisotopic (exact) mass is 739 g/mol. The molecule has 55 heavy (non-hydrogen) atoms. The molecule has 12 nitrogen and oxygen atoms in total. The van der Waals surface area contributed by atoms with Crippen molar-refractivity contribution in [3.05, 3.63) is 102 Å². The molecule has 282 valence electrons. The summed E-state index contributed by atoms with van der Waals surface area (Å²) in [7, 11) is 0. The third-order valence-corrected chi connectivity index (χ3v) is 11.7. The van der Waals surface area contributed by atoms with Crippen LogP contribution in [0.15, 0.2) is 100 Å². The molecule has 0 saturated carbocycles. The van der Waals surface area contributed by atoms with Crippen LogP contribution in [0, 0.1) is 0 Å². The molecule has 7 heterocycles. The number of phenols is 2. The van der Waals surface area contributed by atoms with Crippen LogP contribution in [-0.2, 0) is 51.9 Å². The fourth-order valence-electron chi connectivity index (χ4n) is 8.93. The lowest BCUT2D eigenvalue weighted by Crippen LogP contribution is -2.37. The Hall–Kier alpha value is -5.65.